The molecule has 0 bridgehead atoms. The molecular weight excluding hydrogens is 299 g/mol. The number of nitrogens with zero attached hydrogens (tertiary/aromatic N) is 3. The first kappa shape index (κ1) is 17.4. The van der Waals surface area contributed by atoms with Crippen LogP contribution in [0.25, 0.3) is 0 Å². The number of alkyl halides is 1. The van der Waals surface area contributed by atoms with E-state index in [0.717, 1.165) is 5.56 Å². The Morgan fingerprint density at radius 3 is 2.70 bits per heavy atom. The van der Waals surface area contributed by atoms with Crippen LogP contribution in [0.4, 0.5) is 4.39 Å². The monoisotopic (exact) mass is 324 g/mol. The van der Waals surface area contributed by atoms with E-state index in [2.05, 4.69) is 10.4 Å². The van der Waals surface area contributed by atoms with E-state index in [1.54, 1.807) is 22.8 Å². The van der Waals surface area contributed by atoms with Gasteiger partial charge in [0, 0.05) is 37.3 Å². The summed E-state index contributed by atoms with van der Waals surface area (Å²) >= 11 is 0. The van der Waals surface area contributed by atoms with Crippen molar-refractivity contribution in [2.24, 2.45) is 13.0 Å². The summed E-state index contributed by atoms with van der Waals surface area (Å²) in [6.07, 6.45) is 3.99. The summed E-state index contributed by atoms with van der Waals surface area (Å²) in [5, 5.41) is 6.91. The number of carbonyl (C=O) groups excluding carboxylic acids is 2. The summed E-state index contributed by atoms with van der Waals surface area (Å²) in [6.45, 7) is 5.69. The Morgan fingerprint density at radius 2 is 2.17 bits per heavy atom. The van der Waals surface area contributed by atoms with Gasteiger partial charge in [-0.2, -0.15) is 5.10 Å². The third-order valence-electron chi connectivity index (χ3n) is 4.06. The second kappa shape index (κ2) is 6.68. The van der Waals surface area contributed by atoms with Crippen LogP contribution in [0.15, 0.2) is 12.4 Å². The number of hydrogen-bond acceptors (Lipinski definition) is 3. The fourth-order valence-electron chi connectivity index (χ4n) is 3.14. The Hall–Kier alpha value is -1.92. The molecular formula is C16H25FN4O2. The lowest BCUT2D eigenvalue weighted by Gasteiger charge is -2.38. The fourth-order valence-corrected chi connectivity index (χ4v) is 3.14. The maximum atomic E-state index is 12.5. The number of halogens is 1. The number of likely N-dealkylation sites (tertiary alicyclic amines) is 1. The lowest BCUT2D eigenvalue weighted by molar-refractivity contribution is -0.133. The van der Waals surface area contributed by atoms with E-state index in [1.807, 2.05) is 27.0 Å². The minimum absolute atomic E-state index is 0.0444. The van der Waals surface area contributed by atoms with Crippen molar-refractivity contribution < 1.29 is 14.0 Å². The molecule has 1 fully saturated rings. The van der Waals surface area contributed by atoms with Crippen molar-refractivity contribution in [2.45, 2.75) is 45.2 Å². The number of amides is 2. The summed E-state index contributed by atoms with van der Waals surface area (Å²) in [7, 11) is 1.80. The van der Waals surface area contributed by atoms with E-state index in [1.165, 1.54) is 0 Å². The number of aryl methyl sites for hydroxylation is 1. The van der Waals surface area contributed by atoms with Gasteiger partial charge in [0.05, 0.1) is 24.8 Å². The number of hydrogen-bond donors (Lipinski definition) is 1. The van der Waals surface area contributed by atoms with Gasteiger partial charge < -0.3 is 10.2 Å². The van der Waals surface area contributed by atoms with Crippen molar-refractivity contribution in [1.29, 1.82) is 0 Å². The zero-order valence-electron chi connectivity index (χ0n) is 14.2. The van der Waals surface area contributed by atoms with Crippen molar-refractivity contribution in [3.05, 3.63) is 18.0 Å². The molecule has 0 aromatic carbocycles. The van der Waals surface area contributed by atoms with Crippen LogP contribution >= 0.6 is 0 Å². The molecule has 2 atom stereocenters. The molecule has 23 heavy (non-hydrogen) atoms. The van der Waals surface area contributed by atoms with Gasteiger partial charge >= 0.3 is 0 Å². The predicted molar refractivity (Wildman–Crippen MR) is 84.3 cm³/mol. The number of nitrogens with one attached hydrogen (secondary N) is 1. The summed E-state index contributed by atoms with van der Waals surface area (Å²) < 4.78 is 13.9. The van der Waals surface area contributed by atoms with Crippen molar-refractivity contribution >= 4 is 11.8 Å². The van der Waals surface area contributed by atoms with Gasteiger partial charge in [0.1, 0.15) is 0 Å². The largest absolute Gasteiger partial charge is 0.356 e. The van der Waals surface area contributed by atoms with Crippen LogP contribution in [-0.4, -0.2) is 45.3 Å². The molecule has 1 aromatic rings. The van der Waals surface area contributed by atoms with Gasteiger partial charge in [0.25, 0.3) is 0 Å². The highest BCUT2D eigenvalue weighted by molar-refractivity contribution is 5.90. The van der Waals surface area contributed by atoms with E-state index in [0.29, 0.717) is 0 Å². The van der Waals surface area contributed by atoms with E-state index >= 15 is 0 Å². The van der Waals surface area contributed by atoms with E-state index in [4.69, 9.17) is 0 Å². The van der Waals surface area contributed by atoms with Crippen LogP contribution in [0, 0.1) is 5.92 Å². The van der Waals surface area contributed by atoms with Gasteiger partial charge in [-0.3, -0.25) is 18.7 Å². The van der Waals surface area contributed by atoms with Crippen molar-refractivity contribution in [1.82, 2.24) is 20.0 Å². The zero-order valence-corrected chi connectivity index (χ0v) is 14.2. The maximum Gasteiger partial charge on any atom is 0.226 e. The second-order valence-corrected chi connectivity index (χ2v) is 6.97. The lowest BCUT2D eigenvalue weighted by Crippen LogP contribution is -2.45. The average Bonchev–Trinajstić information content (AvgIpc) is 3.01. The highest BCUT2D eigenvalue weighted by Crippen LogP contribution is 2.42. The lowest BCUT2D eigenvalue weighted by atomic mass is 9.92. The van der Waals surface area contributed by atoms with Gasteiger partial charge in [-0.25, -0.2) is 0 Å². The normalized spacial score (nSPS) is 21.8. The van der Waals surface area contributed by atoms with E-state index < -0.39 is 18.1 Å². The van der Waals surface area contributed by atoms with E-state index in [9.17, 15) is 14.0 Å². The van der Waals surface area contributed by atoms with Crippen LogP contribution in [0.2, 0.25) is 0 Å². The van der Waals surface area contributed by atoms with Crippen LogP contribution in [0.3, 0.4) is 0 Å². The smallest absolute Gasteiger partial charge is 0.226 e. The Morgan fingerprint density at radius 1 is 1.48 bits per heavy atom. The van der Waals surface area contributed by atoms with Gasteiger partial charge in [0.15, 0.2) is 0 Å². The summed E-state index contributed by atoms with van der Waals surface area (Å²) in [4.78, 5) is 26.8. The highest BCUT2D eigenvalue weighted by atomic mass is 19.1. The molecule has 2 rings (SSSR count). The number of aromatic nitrogens is 2. The van der Waals surface area contributed by atoms with Gasteiger partial charge in [-0.1, -0.05) is 0 Å². The Labute approximate surface area is 136 Å². The molecule has 0 aliphatic carbocycles. The highest BCUT2D eigenvalue weighted by Gasteiger charge is 2.48. The number of rotatable bonds is 5. The Balaban J connectivity index is 2.30. The molecule has 1 aliphatic rings. The Bertz CT molecular complexity index is 579. The molecule has 7 heteroatoms. The molecule has 0 radical (unpaired) electrons. The second-order valence-electron chi connectivity index (χ2n) is 6.97. The molecule has 0 spiro atoms. The zero-order chi connectivity index (χ0) is 17.2. The molecule has 1 aromatic heterocycles. The molecule has 1 saturated heterocycles. The van der Waals surface area contributed by atoms with Crippen LogP contribution < -0.4 is 5.32 Å². The third-order valence-corrected chi connectivity index (χ3v) is 4.06. The van der Waals surface area contributed by atoms with Crippen molar-refractivity contribution in [2.75, 3.05) is 13.2 Å². The minimum atomic E-state index is -0.481. The molecule has 2 heterocycles. The van der Waals surface area contributed by atoms with Gasteiger partial charge in [-0.15, -0.1) is 0 Å². The van der Waals surface area contributed by atoms with Crippen LogP contribution in [-0.2, 0) is 16.6 Å². The number of carbonyl (C=O) groups is 2. The minimum Gasteiger partial charge on any atom is -0.356 e. The molecule has 1 N–H and O–H groups in total. The van der Waals surface area contributed by atoms with Gasteiger partial charge in [0.2, 0.25) is 11.8 Å². The maximum absolute atomic E-state index is 12.5. The summed E-state index contributed by atoms with van der Waals surface area (Å²) in [6, 6.07) is -0.346. The standard InChI is InChI=1S/C16H25FN4O2/c1-16(2,3)21-13(22)8-12(15(23)18-7-5-6-17)14(21)11-9-19-20(4)10-11/h9-10,12,14H,5-8H2,1-4H3,(H,18,23)/t12-,14+/m1/s1. The van der Waals surface area contributed by atoms with Crippen LogP contribution in [0.1, 0.15) is 45.2 Å². The third kappa shape index (κ3) is 3.71. The first-order chi connectivity index (χ1) is 10.8. The quantitative estimate of drug-likeness (QED) is 0.836. The SMILES string of the molecule is Cn1cc([C@H]2[C@H](C(=O)NCCCF)CC(=O)N2C(C)(C)C)cn1. The summed E-state index contributed by atoms with van der Waals surface area (Å²) in [5.74, 6) is -0.727. The first-order valence-corrected chi connectivity index (χ1v) is 7.90. The predicted octanol–water partition coefficient (Wildman–Crippen LogP) is 1.58. The first-order valence-electron chi connectivity index (χ1n) is 7.90. The fraction of sp³-hybridized carbons (Fsp3) is 0.688. The van der Waals surface area contributed by atoms with Gasteiger partial charge in [-0.05, 0) is 27.2 Å². The topological polar surface area (TPSA) is 67.2 Å². The molecule has 1 aliphatic heterocycles. The van der Waals surface area contributed by atoms with Crippen molar-refractivity contribution in [3.8, 4) is 0 Å². The Kier molecular flexibility index (Phi) is 5.06. The molecule has 0 unspecified atom stereocenters. The molecule has 0 saturated carbocycles. The molecule has 6 nitrogen and oxygen atoms in total. The molecule has 2 amide bonds. The average molecular weight is 324 g/mol. The molecule has 128 valence electrons. The van der Waals surface area contributed by atoms with E-state index in [-0.39, 0.29) is 37.2 Å². The summed E-state index contributed by atoms with van der Waals surface area (Å²) in [5.41, 5.74) is 0.449. The van der Waals surface area contributed by atoms with Crippen LogP contribution in [0.5, 0.6) is 0 Å². The van der Waals surface area contributed by atoms with Crippen molar-refractivity contribution in [3.63, 3.8) is 0 Å².